The van der Waals surface area contributed by atoms with E-state index in [4.69, 9.17) is 19.4 Å². The summed E-state index contributed by atoms with van der Waals surface area (Å²) in [4.78, 5) is 28.6. The number of halogens is 3. The van der Waals surface area contributed by atoms with Crippen LogP contribution in [0.25, 0.3) is 0 Å². The van der Waals surface area contributed by atoms with Crippen LogP contribution in [-0.4, -0.2) is 72.1 Å². The smallest absolute Gasteiger partial charge is 0.475 e. The molecule has 0 saturated carbocycles. The zero-order chi connectivity index (χ0) is 22.9. The van der Waals surface area contributed by atoms with Crippen molar-refractivity contribution in [1.82, 2.24) is 9.88 Å². The van der Waals surface area contributed by atoms with Crippen molar-refractivity contribution in [3.05, 3.63) is 52.5 Å². The fourth-order valence-corrected chi connectivity index (χ4v) is 3.78. The Balaban J connectivity index is 0.000000423. The number of rotatable bonds is 7. The zero-order valence-electron chi connectivity index (χ0n) is 16.7. The van der Waals surface area contributed by atoms with E-state index in [0.717, 1.165) is 29.8 Å². The highest BCUT2D eigenvalue weighted by molar-refractivity contribution is 7.12. The minimum atomic E-state index is -5.08. The van der Waals surface area contributed by atoms with E-state index in [-0.39, 0.29) is 18.1 Å². The van der Waals surface area contributed by atoms with Crippen LogP contribution >= 0.6 is 11.3 Å². The molecule has 170 valence electrons. The molecule has 1 aliphatic rings. The van der Waals surface area contributed by atoms with E-state index in [9.17, 15) is 18.0 Å². The topological polar surface area (TPSA) is 89.0 Å². The third-order valence-corrected chi connectivity index (χ3v) is 5.36. The van der Waals surface area contributed by atoms with Crippen molar-refractivity contribution < 1.29 is 37.3 Å². The molecule has 0 aliphatic carbocycles. The van der Waals surface area contributed by atoms with Crippen LogP contribution in [0.4, 0.5) is 13.2 Å². The molecular formula is C20H23F3N2O5S. The lowest BCUT2D eigenvalue weighted by Gasteiger charge is -2.28. The molecule has 0 aromatic carbocycles. The van der Waals surface area contributed by atoms with E-state index in [0.29, 0.717) is 13.2 Å². The van der Waals surface area contributed by atoms with Gasteiger partial charge < -0.3 is 19.5 Å². The lowest BCUT2D eigenvalue weighted by molar-refractivity contribution is -0.192. The lowest BCUT2D eigenvalue weighted by Crippen LogP contribution is -2.42. The number of thiophene rings is 1. The van der Waals surface area contributed by atoms with Crippen molar-refractivity contribution in [1.29, 1.82) is 0 Å². The largest absolute Gasteiger partial charge is 0.490 e. The maximum atomic E-state index is 12.8. The molecule has 2 atom stereocenters. The van der Waals surface area contributed by atoms with E-state index in [2.05, 4.69) is 4.98 Å². The number of amides is 1. The number of likely N-dealkylation sites (tertiary alicyclic amines) is 1. The SMILES string of the molecule is COCCO[C@H]1CCN(C(=O)c2cccs2)[C@H]1Cc1cccnc1.O=C(O)C(F)(F)F. The van der Waals surface area contributed by atoms with Crippen molar-refractivity contribution in [3.63, 3.8) is 0 Å². The van der Waals surface area contributed by atoms with E-state index in [1.807, 2.05) is 40.7 Å². The molecule has 0 spiro atoms. The first-order valence-electron chi connectivity index (χ1n) is 9.38. The van der Waals surface area contributed by atoms with Crippen LogP contribution in [0.15, 0.2) is 42.0 Å². The first-order valence-corrected chi connectivity index (χ1v) is 10.3. The van der Waals surface area contributed by atoms with Gasteiger partial charge in [0.15, 0.2) is 0 Å². The van der Waals surface area contributed by atoms with Gasteiger partial charge in [0, 0.05) is 26.0 Å². The average molecular weight is 460 g/mol. The minimum absolute atomic E-state index is 0.0284. The molecule has 2 aromatic heterocycles. The molecule has 0 bridgehead atoms. The number of carboxylic acid groups (broad SMARTS) is 1. The molecule has 1 N–H and O–H groups in total. The summed E-state index contributed by atoms with van der Waals surface area (Å²) >= 11 is 1.48. The van der Waals surface area contributed by atoms with Gasteiger partial charge in [-0.25, -0.2) is 4.79 Å². The molecule has 1 aliphatic heterocycles. The van der Waals surface area contributed by atoms with Crippen LogP contribution in [0.2, 0.25) is 0 Å². The van der Waals surface area contributed by atoms with E-state index in [1.165, 1.54) is 11.3 Å². The normalized spacial score (nSPS) is 18.4. The van der Waals surface area contributed by atoms with Crippen molar-refractivity contribution >= 4 is 23.2 Å². The summed E-state index contributed by atoms with van der Waals surface area (Å²) < 4.78 is 42.8. The summed E-state index contributed by atoms with van der Waals surface area (Å²) in [5, 5.41) is 9.06. The second kappa shape index (κ2) is 11.8. The highest BCUT2D eigenvalue weighted by Crippen LogP contribution is 2.27. The van der Waals surface area contributed by atoms with Gasteiger partial charge in [0.25, 0.3) is 5.91 Å². The fourth-order valence-electron chi connectivity index (χ4n) is 3.10. The van der Waals surface area contributed by atoms with Gasteiger partial charge in [-0.15, -0.1) is 11.3 Å². The van der Waals surface area contributed by atoms with E-state index in [1.54, 1.807) is 13.3 Å². The number of nitrogens with zero attached hydrogens (tertiary/aromatic N) is 2. The molecule has 1 amide bonds. The zero-order valence-corrected chi connectivity index (χ0v) is 17.6. The number of hydrogen-bond donors (Lipinski definition) is 1. The minimum Gasteiger partial charge on any atom is -0.475 e. The summed E-state index contributed by atoms with van der Waals surface area (Å²) in [6.07, 6.45) is 0.177. The molecule has 3 heterocycles. The molecule has 2 aromatic rings. The maximum absolute atomic E-state index is 12.8. The number of methoxy groups -OCH3 is 1. The molecular weight excluding hydrogens is 437 g/mol. The highest BCUT2D eigenvalue weighted by Gasteiger charge is 2.39. The number of carbonyl (C=O) groups excluding carboxylic acids is 1. The Morgan fingerprint density at radius 2 is 2.03 bits per heavy atom. The number of hydrogen-bond acceptors (Lipinski definition) is 6. The first kappa shape index (κ1) is 24.8. The highest BCUT2D eigenvalue weighted by atomic mass is 32.1. The van der Waals surface area contributed by atoms with Gasteiger partial charge in [-0.3, -0.25) is 9.78 Å². The van der Waals surface area contributed by atoms with E-state index >= 15 is 0 Å². The average Bonchev–Trinajstić information content (AvgIpc) is 3.39. The number of aromatic nitrogens is 1. The number of carboxylic acids is 1. The first-order chi connectivity index (χ1) is 14.7. The monoisotopic (exact) mass is 460 g/mol. The van der Waals surface area contributed by atoms with Gasteiger partial charge in [-0.1, -0.05) is 12.1 Å². The predicted molar refractivity (Wildman–Crippen MR) is 107 cm³/mol. The van der Waals surface area contributed by atoms with Crippen LogP contribution in [0.5, 0.6) is 0 Å². The van der Waals surface area contributed by atoms with Gasteiger partial charge >= 0.3 is 12.1 Å². The standard InChI is InChI=1S/C18H22N2O3S.C2HF3O2/c1-22-9-10-23-16-6-8-20(18(21)17-5-3-11-24-17)15(16)12-14-4-2-7-19-13-14;3-2(4,5)1(6)7/h2-5,7,11,13,15-16H,6,8-10,12H2,1H3;(H,6,7)/t15-,16-;/m0./s1. The van der Waals surface area contributed by atoms with Crippen molar-refractivity contribution in [2.45, 2.75) is 31.2 Å². The summed E-state index contributed by atoms with van der Waals surface area (Å²) in [7, 11) is 1.66. The van der Waals surface area contributed by atoms with Gasteiger partial charge in [0.05, 0.1) is 30.2 Å². The molecule has 0 radical (unpaired) electrons. The third-order valence-electron chi connectivity index (χ3n) is 4.51. The number of carbonyl (C=O) groups is 2. The Bertz CT molecular complexity index is 818. The lowest BCUT2D eigenvalue weighted by atomic mass is 10.0. The van der Waals surface area contributed by atoms with Crippen molar-refractivity contribution in [2.24, 2.45) is 0 Å². The molecule has 11 heteroatoms. The van der Waals surface area contributed by atoms with Crippen molar-refractivity contribution in [3.8, 4) is 0 Å². The quantitative estimate of drug-likeness (QED) is 0.638. The molecule has 3 rings (SSSR count). The molecule has 0 unspecified atom stereocenters. The summed E-state index contributed by atoms with van der Waals surface area (Å²) in [5.41, 5.74) is 1.12. The summed E-state index contributed by atoms with van der Waals surface area (Å²) in [5.74, 6) is -2.66. The third kappa shape index (κ3) is 7.60. The maximum Gasteiger partial charge on any atom is 0.490 e. The van der Waals surface area contributed by atoms with Crippen LogP contribution in [-0.2, 0) is 20.7 Å². The van der Waals surface area contributed by atoms with Gasteiger partial charge in [-0.2, -0.15) is 13.2 Å². The van der Waals surface area contributed by atoms with Crippen LogP contribution in [0.1, 0.15) is 21.7 Å². The fraction of sp³-hybridized carbons (Fsp3) is 0.450. The van der Waals surface area contributed by atoms with Crippen LogP contribution in [0, 0.1) is 0 Å². The van der Waals surface area contributed by atoms with Gasteiger partial charge in [0.2, 0.25) is 0 Å². The number of aliphatic carboxylic acids is 1. The Kier molecular flexibility index (Phi) is 9.41. The van der Waals surface area contributed by atoms with E-state index < -0.39 is 12.1 Å². The summed E-state index contributed by atoms with van der Waals surface area (Å²) in [6, 6.07) is 7.80. The molecule has 31 heavy (non-hydrogen) atoms. The Hall–Kier alpha value is -2.50. The number of pyridine rings is 1. The second-order valence-corrected chi connectivity index (χ2v) is 7.55. The Labute approximate surface area is 181 Å². The van der Waals surface area contributed by atoms with Crippen molar-refractivity contribution in [2.75, 3.05) is 26.9 Å². The molecule has 1 saturated heterocycles. The summed E-state index contributed by atoms with van der Waals surface area (Å²) in [6.45, 7) is 1.83. The van der Waals surface area contributed by atoms with Gasteiger partial charge in [-0.05, 0) is 35.9 Å². The van der Waals surface area contributed by atoms with Crippen LogP contribution < -0.4 is 0 Å². The molecule has 1 fully saturated rings. The van der Waals surface area contributed by atoms with Gasteiger partial charge in [0.1, 0.15) is 0 Å². The van der Waals surface area contributed by atoms with Crippen LogP contribution in [0.3, 0.4) is 0 Å². The number of ether oxygens (including phenoxy) is 2. The second-order valence-electron chi connectivity index (χ2n) is 6.60. The Morgan fingerprint density at radius 3 is 2.58 bits per heavy atom. The molecule has 7 nitrogen and oxygen atoms in total. The number of alkyl halides is 3. The Morgan fingerprint density at radius 1 is 1.29 bits per heavy atom. The predicted octanol–water partition coefficient (Wildman–Crippen LogP) is 3.27.